The summed E-state index contributed by atoms with van der Waals surface area (Å²) in [6.45, 7) is 3.93. The lowest BCUT2D eigenvalue weighted by atomic mass is 9.85. The summed E-state index contributed by atoms with van der Waals surface area (Å²) in [4.78, 5) is 16.7. The van der Waals surface area contributed by atoms with Crippen molar-refractivity contribution in [1.82, 2.24) is 10.3 Å². The van der Waals surface area contributed by atoms with Crippen LogP contribution >= 0.6 is 0 Å². The Bertz CT molecular complexity index is 741. The molecule has 0 radical (unpaired) electrons. The van der Waals surface area contributed by atoms with Gasteiger partial charge in [0.15, 0.2) is 0 Å². The number of aliphatic hydroxyl groups is 1. The number of nitrogens with one attached hydrogen (secondary N) is 2. The van der Waals surface area contributed by atoms with E-state index in [0.29, 0.717) is 5.89 Å². The normalized spacial score (nSPS) is 20.3. The molecule has 1 heterocycles. The van der Waals surface area contributed by atoms with Gasteiger partial charge < -0.3 is 20.2 Å². The van der Waals surface area contributed by atoms with Crippen LogP contribution in [0.15, 0.2) is 28.9 Å². The quantitative estimate of drug-likeness (QED) is 0.791. The van der Waals surface area contributed by atoms with Crippen molar-refractivity contribution < 1.29 is 14.3 Å². The molecule has 6 nitrogen and oxygen atoms in total. The summed E-state index contributed by atoms with van der Waals surface area (Å²) in [6, 6.07) is 5.50. The summed E-state index contributed by atoms with van der Waals surface area (Å²) in [5.74, 6) is 0.677. The van der Waals surface area contributed by atoms with E-state index in [9.17, 15) is 9.90 Å². The second-order valence-electron chi connectivity index (χ2n) is 6.76. The van der Waals surface area contributed by atoms with E-state index in [1.165, 1.54) is 0 Å². The Morgan fingerprint density at radius 1 is 1.32 bits per heavy atom. The zero-order valence-corrected chi connectivity index (χ0v) is 14.7. The smallest absolute Gasteiger partial charge is 0.319 e. The third-order valence-corrected chi connectivity index (χ3v) is 4.81. The highest BCUT2D eigenvalue weighted by Gasteiger charge is 2.26. The molecular formula is C19H25N3O3. The highest BCUT2D eigenvalue weighted by molar-refractivity contribution is 5.91. The lowest BCUT2D eigenvalue weighted by molar-refractivity contribution is 0.156. The Labute approximate surface area is 147 Å². The highest BCUT2D eigenvalue weighted by Crippen LogP contribution is 2.26. The third kappa shape index (κ3) is 4.20. The minimum atomic E-state index is -0.241. The first-order valence-corrected chi connectivity index (χ1v) is 8.78. The monoisotopic (exact) mass is 343 g/mol. The number of oxazole rings is 1. The van der Waals surface area contributed by atoms with E-state index in [1.54, 1.807) is 6.26 Å². The van der Waals surface area contributed by atoms with Gasteiger partial charge in [0.25, 0.3) is 0 Å². The number of urea groups is 1. The topological polar surface area (TPSA) is 87.4 Å². The molecule has 0 aliphatic heterocycles. The molecule has 2 atom stereocenters. The number of aryl methyl sites for hydroxylation is 2. The Balaban J connectivity index is 1.70. The van der Waals surface area contributed by atoms with E-state index in [4.69, 9.17) is 4.42 Å². The Morgan fingerprint density at radius 2 is 2.12 bits per heavy atom. The van der Waals surface area contributed by atoms with E-state index in [0.717, 1.165) is 48.2 Å². The number of hydrogen-bond donors (Lipinski definition) is 3. The molecular weight excluding hydrogens is 318 g/mol. The number of nitrogens with zero attached hydrogens (tertiary/aromatic N) is 1. The van der Waals surface area contributed by atoms with Crippen molar-refractivity contribution in [2.45, 2.75) is 45.6 Å². The van der Waals surface area contributed by atoms with Gasteiger partial charge in [0.2, 0.25) is 5.89 Å². The second kappa shape index (κ2) is 7.70. The number of aliphatic hydroxyl groups excluding tert-OH is 1. The van der Waals surface area contributed by atoms with E-state index < -0.39 is 0 Å². The summed E-state index contributed by atoms with van der Waals surface area (Å²) in [5.41, 5.74) is 3.32. The van der Waals surface area contributed by atoms with E-state index in [-0.39, 0.29) is 24.6 Å². The van der Waals surface area contributed by atoms with Crippen LogP contribution in [0.3, 0.4) is 0 Å². The van der Waals surface area contributed by atoms with Gasteiger partial charge in [0, 0.05) is 29.8 Å². The molecule has 1 aliphatic carbocycles. The number of benzene rings is 1. The van der Waals surface area contributed by atoms with Crippen molar-refractivity contribution in [3.63, 3.8) is 0 Å². The fourth-order valence-electron chi connectivity index (χ4n) is 3.32. The lowest BCUT2D eigenvalue weighted by Crippen LogP contribution is -2.45. The summed E-state index contributed by atoms with van der Waals surface area (Å²) in [5, 5.41) is 15.4. The van der Waals surface area contributed by atoms with Gasteiger partial charge in [0.05, 0.1) is 5.69 Å². The van der Waals surface area contributed by atoms with Crippen LogP contribution in [0.4, 0.5) is 10.5 Å². The molecule has 25 heavy (non-hydrogen) atoms. The average Bonchev–Trinajstić information content (AvgIpc) is 3.04. The van der Waals surface area contributed by atoms with Gasteiger partial charge >= 0.3 is 6.03 Å². The molecule has 2 unspecified atom stereocenters. The highest BCUT2D eigenvalue weighted by atomic mass is 16.3. The van der Waals surface area contributed by atoms with Crippen LogP contribution in [0.2, 0.25) is 0 Å². The minimum absolute atomic E-state index is 0.0247. The molecule has 6 heteroatoms. The number of carbonyl (C=O) groups excluding carboxylic acids is 1. The van der Waals surface area contributed by atoms with Gasteiger partial charge in [-0.25, -0.2) is 9.78 Å². The molecule has 2 aromatic rings. The van der Waals surface area contributed by atoms with Gasteiger partial charge in [-0.1, -0.05) is 18.9 Å². The first-order valence-electron chi connectivity index (χ1n) is 8.78. The van der Waals surface area contributed by atoms with Crippen LogP contribution in [-0.2, 0) is 0 Å². The van der Waals surface area contributed by atoms with Crippen LogP contribution in [0.25, 0.3) is 11.5 Å². The molecule has 1 aromatic heterocycles. The number of rotatable bonds is 4. The van der Waals surface area contributed by atoms with E-state index in [1.807, 2.05) is 32.0 Å². The van der Waals surface area contributed by atoms with Crippen molar-refractivity contribution in [3.05, 3.63) is 35.7 Å². The maximum absolute atomic E-state index is 12.4. The standard InChI is InChI=1S/C19H25N3O3/c1-12-7-8-14(18-20-13(2)11-25-18)9-17(12)22-19(24)21-16-6-4-3-5-15(16)10-23/h7-9,11,15-16,23H,3-6,10H2,1-2H3,(H2,21,22,24). The zero-order valence-electron chi connectivity index (χ0n) is 14.7. The summed E-state index contributed by atoms with van der Waals surface area (Å²) in [7, 11) is 0. The van der Waals surface area contributed by atoms with Crippen LogP contribution in [0, 0.1) is 19.8 Å². The predicted molar refractivity (Wildman–Crippen MR) is 96.4 cm³/mol. The summed E-state index contributed by atoms with van der Waals surface area (Å²) >= 11 is 0. The van der Waals surface area contributed by atoms with E-state index >= 15 is 0 Å². The van der Waals surface area contributed by atoms with Gasteiger partial charge in [0.1, 0.15) is 6.26 Å². The number of carbonyl (C=O) groups is 1. The molecule has 134 valence electrons. The largest absolute Gasteiger partial charge is 0.444 e. The maximum Gasteiger partial charge on any atom is 0.319 e. The zero-order chi connectivity index (χ0) is 17.8. The molecule has 1 aromatic carbocycles. The number of aromatic nitrogens is 1. The molecule has 3 N–H and O–H groups in total. The van der Waals surface area contributed by atoms with Crippen LogP contribution in [0.1, 0.15) is 36.9 Å². The van der Waals surface area contributed by atoms with Crippen molar-refractivity contribution in [1.29, 1.82) is 0 Å². The second-order valence-corrected chi connectivity index (χ2v) is 6.76. The Hall–Kier alpha value is -2.34. The van der Waals surface area contributed by atoms with Crippen LogP contribution < -0.4 is 10.6 Å². The lowest BCUT2D eigenvalue weighted by Gasteiger charge is -2.30. The molecule has 0 bridgehead atoms. The molecule has 1 saturated carbocycles. The van der Waals surface area contributed by atoms with Crippen LogP contribution in [-0.4, -0.2) is 28.8 Å². The van der Waals surface area contributed by atoms with Gasteiger partial charge in [-0.3, -0.25) is 0 Å². The summed E-state index contributed by atoms with van der Waals surface area (Å²) in [6.07, 6.45) is 5.67. The van der Waals surface area contributed by atoms with Gasteiger partial charge in [-0.05, 0) is 44.4 Å². The van der Waals surface area contributed by atoms with Crippen molar-refractivity contribution in [2.24, 2.45) is 5.92 Å². The summed E-state index contributed by atoms with van der Waals surface area (Å²) < 4.78 is 5.43. The fraction of sp³-hybridized carbons (Fsp3) is 0.474. The SMILES string of the molecule is Cc1coc(-c2ccc(C)c(NC(=O)NC3CCCCC3CO)c2)n1. The van der Waals surface area contributed by atoms with Crippen molar-refractivity contribution in [3.8, 4) is 11.5 Å². The number of amides is 2. The first kappa shape index (κ1) is 17.5. The number of hydrogen-bond acceptors (Lipinski definition) is 4. The van der Waals surface area contributed by atoms with Gasteiger partial charge in [-0.2, -0.15) is 0 Å². The van der Waals surface area contributed by atoms with Crippen molar-refractivity contribution >= 4 is 11.7 Å². The molecule has 0 saturated heterocycles. The first-order chi connectivity index (χ1) is 12.1. The molecule has 1 fully saturated rings. The molecule has 3 rings (SSSR count). The maximum atomic E-state index is 12.4. The average molecular weight is 343 g/mol. The third-order valence-electron chi connectivity index (χ3n) is 4.81. The fourth-order valence-corrected chi connectivity index (χ4v) is 3.32. The Morgan fingerprint density at radius 3 is 2.84 bits per heavy atom. The molecule has 1 aliphatic rings. The molecule has 2 amide bonds. The Kier molecular flexibility index (Phi) is 5.38. The van der Waals surface area contributed by atoms with Crippen LogP contribution in [0.5, 0.6) is 0 Å². The minimum Gasteiger partial charge on any atom is -0.444 e. The van der Waals surface area contributed by atoms with Crippen molar-refractivity contribution in [2.75, 3.05) is 11.9 Å². The van der Waals surface area contributed by atoms with E-state index in [2.05, 4.69) is 15.6 Å². The van der Waals surface area contributed by atoms with Gasteiger partial charge in [-0.15, -0.1) is 0 Å². The molecule has 0 spiro atoms. The predicted octanol–water partition coefficient (Wildman–Crippen LogP) is 3.63. The number of anilines is 1.